The average Bonchev–Trinajstić information content (AvgIpc) is 4.07. The Hall–Kier alpha value is -5.97. The van der Waals surface area contributed by atoms with Crippen molar-refractivity contribution in [1.29, 1.82) is 0 Å². The van der Waals surface area contributed by atoms with E-state index >= 15 is 0 Å². The van der Waals surface area contributed by atoms with E-state index in [2.05, 4.69) is 15.3 Å². The van der Waals surface area contributed by atoms with Gasteiger partial charge in [-0.25, -0.2) is 9.97 Å². The zero-order chi connectivity index (χ0) is 45.6. The fourth-order valence-electron chi connectivity index (χ4n) is 6.49. The molecule has 0 aliphatic carbocycles. The minimum Gasteiger partial charge on any atom is -0.436 e. The van der Waals surface area contributed by atoms with Gasteiger partial charge in [-0.3, -0.25) is 9.59 Å². The Bertz CT molecular complexity index is 2740. The van der Waals surface area contributed by atoms with E-state index in [1.807, 2.05) is 137 Å². The number of amides is 1. The molecule has 0 bridgehead atoms. The Morgan fingerprint density at radius 3 is 1.33 bits per heavy atom. The predicted molar refractivity (Wildman–Crippen MR) is 263 cm³/mol. The number of ether oxygens (including phenoxy) is 1. The first kappa shape index (κ1) is 47.5. The zero-order valence-corrected chi connectivity index (χ0v) is 38.5. The quantitative estimate of drug-likeness (QED) is 0.108. The summed E-state index contributed by atoms with van der Waals surface area (Å²) < 4.78 is 16.6. The standard InChI is InChI=1S/C24H21ClN2O2.C19H13ClN2O.C5H9ClO.C4H8O/c1-15(2)13-23(28)26-20-10-7-17(8-11-20)16-3-5-18(6-4-16)24-27-21-12-9-19(25)14-22(21)29-24;20-15-7-10-17-18(11-15)23-19(22-17)14-3-1-12(2-4-14)13-5-8-16(21)9-6-13;1-4(2)3-5(6)7;1-2-4-5-3-1/h3-12,14-15H,13H2,1-2H3,(H,26,28);1-11H,21H2;4H,3H2,1-2H3;1-4H2. The number of nitrogens with two attached hydrogens (primary N) is 1. The van der Waals surface area contributed by atoms with Gasteiger partial charge < -0.3 is 24.6 Å². The van der Waals surface area contributed by atoms with Crippen LogP contribution in [0.5, 0.6) is 0 Å². The molecule has 1 saturated heterocycles. The van der Waals surface area contributed by atoms with Crippen LogP contribution in [-0.4, -0.2) is 34.3 Å². The van der Waals surface area contributed by atoms with Gasteiger partial charge in [0, 0.05) is 70.7 Å². The van der Waals surface area contributed by atoms with Crippen LogP contribution in [0.3, 0.4) is 0 Å². The molecule has 1 fully saturated rings. The summed E-state index contributed by atoms with van der Waals surface area (Å²) in [6, 6.07) is 42.6. The Kier molecular flexibility index (Phi) is 17.2. The van der Waals surface area contributed by atoms with Crippen molar-refractivity contribution in [2.24, 2.45) is 11.8 Å². The van der Waals surface area contributed by atoms with Crippen molar-refractivity contribution in [2.75, 3.05) is 24.3 Å². The van der Waals surface area contributed by atoms with E-state index in [1.54, 1.807) is 24.3 Å². The molecule has 1 amide bonds. The number of aromatic nitrogens is 2. The van der Waals surface area contributed by atoms with Crippen molar-refractivity contribution in [3.63, 3.8) is 0 Å². The number of hydrogen-bond donors (Lipinski definition) is 2. The molecule has 9 rings (SSSR count). The fraction of sp³-hybridized carbons (Fsp3) is 0.231. The van der Waals surface area contributed by atoms with E-state index in [0.717, 1.165) is 69.0 Å². The molecule has 1 aliphatic heterocycles. The predicted octanol–water partition coefficient (Wildman–Crippen LogP) is 14.8. The normalized spacial score (nSPS) is 12.0. The molecule has 0 atom stereocenters. The number of anilines is 2. The second-order valence-electron chi connectivity index (χ2n) is 16.0. The number of nitrogens with zero attached hydrogens (tertiary/aromatic N) is 2. The lowest BCUT2D eigenvalue weighted by Gasteiger charge is -2.08. The topological polar surface area (TPSA) is 133 Å². The van der Waals surface area contributed by atoms with Crippen molar-refractivity contribution in [2.45, 2.75) is 53.4 Å². The highest BCUT2D eigenvalue weighted by Gasteiger charge is 2.11. The maximum atomic E-state index is 11.9. The third-order valence-electron chi connectivity index (χ3n) is 9.70. The van der Waals surface area contributed by atoms with Crippen LogP contribution in [-0.2, 0) is 14.3 Å². The first-order chi connectivity index (χ1) is 30.8. The third-order valence-corrected chi connectivity index (χ3v) is 10.3. The molecule has 9 nitrogen and oxygen atoms in total. The zero-order valence-electron chi connectivity index (χ0n) is 36.2. The Morgan fingerprint density at radius 2 is 0.969 bits per heavy atom. The highest BCUT2D eigenvalue weighted by atomic mass is 35.5. The third kappa shape index (κ3) is 14.3. The monoisotopic (exact) mass is 916 g/mol. The second kappa shape index (κ2) is 23.1. The van der Waals surface area contributed by atoms with Gasteiger partial charge in [0.25, 0.3) is 0 Å². The van der Waals surface area contributed by atoms with Gasteiger partial charge in [-0.05, 0) is 131 Å². The Labute approximate surface area is 388 Å². The number of nitrogen functional groups attached to an aromatic ring is 1. The number of benzene rings is 6. The summed E-state index contributed by atoms with van der Waals surface area (Å²) in [4.78, 5) is 30.9. The maximum absolute atomic E-state index is 11.9. The van der Waals surface area contributed by atoms with E-state index in [9.17, 15) is 9.59 Å². The van der Waals surface area contributed by atoms with E-state index in [0.29, 0.717) is 57.7 Å². The molecule has 0 spiro atoms. The van der Waals surface area contributed by atoms with E-state index in [1.165, 1.54) is 12.8 Å². The molecular formula is C52H51Cl3N4O5. The number of rotatable bonds is 9. The van der Waals surface area contributed by atoms with E-state index in [-0.39, 0.29) is 11.1 Å². The van der Waals surface area contributed by atoms with Crippen LogP contribution < -0.4 is 11.1 Å². The van der Waals surface area contributed by atoms with Gasteiger partial charge in [0.2, 0.25) is 22.9 Å². The van der Waals surface area contributed by atoms with Crippen LogP contribution >= 0.6 is 34.8 Å². The van der Waals surface area contributed by atoms with Crippen molar-refractivity contribution in [1.82, 2.24) is 9.97 Å². The number of carbonyl (C=O) groups is 2. The van der Waals surface area contributed by atoms with Crippen LogP contribution in [0.2, 0.25) is 10.0 Å². The summed E-state index contributed by atoms with van der Waals surface area (Å²) in [6.45, 7) is 9.98. The lowest BCUT2D eigenvalue weighted by Crippen LogP contribution is -2.13. The summed E-state index contributed by atoms with van der Waals surface area (Å²) in [5.74, 6) is 1.93. The first-order valence-electron chi connectivity index (χ1n) is 21.1. The Balaban J connectivity index is 0.000000171. The summed E-state index contributed by atoms with van der Waals surface area (Å²) in [6.07, 6.45) is 3.56. The number of fused-ring (bicyclic) bond motifs is 2. The summed E-state index contributed by atoms with van der Waals surface area (Å²) in [5, 5.41) is 3.95. The fourth-order valence-corrected chi connectivity index (χ4v) is 7.12. The molecule has 3 N–H and O–H groups in total. The number of carbonyl (C=O) groups excluding carboxylic acids is 2. The van der Waals surface area contributed by atoms with Crippen molar-refractivity contribution < 1.29 is 23.2 Å². The van der Waals surface area contributed by atoms with Gasteiger partial charge in [-0.1, -0.05) is 99.4 Å². The van der Waals surface area contributed by atoms with Crippen LogP contribution in [0.25, 0.3) is 67.4 Å². The summed E-state index contributed by atoms with van der Waals surface area (Å²) in [7, 11) is 0. The summed E-state index contributed by atoms with van der Waals surface area (Å²) in [5.41, 5.74) is 16.4. The highest BCUT2D eigenvalue weighted by Crippen LogP contribution is 2.31. The lowest BCUT2D eigenvalue weighted by atomic mass is 10.0. The average molecular weight is 918 g/mol. The molecule has 0 saturated carbocycles. The molecule has 6 aromatic carbocycles. The molecule has 12 heteroatoms. The minimum atomic E-state index is -0.241. The van der Waals surface area contributed by atoms with Gasteiger partial charge in [0.05, 0.1) is 0 Å². The number of hydrogen-bond acceptors (Lipinski definition) is 8. The van der Waals surface area contributed by atoms with E-state index < -0.39 is 0 Å². The molecule has 0 radical (unpaired) electrons. The molecule has 3 heterocycles. The molecule has 8 aromatic rings. The smallest absolute Gasteiger partial charge is 0.227 e. The van der Waals surface area contributed by atoms with Crippen LogP contribution in [0, 0.1) is 11.8 Å². The maximum Gasteiger partial charge on any atom is 0.227 e. The Morgan fingerprint density at radius 1 is 0.578 bits per heavy atom. The van der Waals surface area contributed by atoms with E-state index in [4.69, 9.17) is 54.1 Å². The van der Waals surface area contributed by atoms with Gasteiger partial charge in [-0.2, -0.15) is 0 Å². The molecular weight excluding hydrogens is 867 g/mol. The molecule has 330 valence electrons. The molecule has 0 unspecified atom stereocenters. The van der Waals surface area contributed by atoms with Crippen molar-refractivity contribution in [3.8, 4) is 45.2 Å². The second-order valence-corrected chi connectivity index (χ2v) is 17.3. The van der Waals surface area contributed by atoms with Gasteiger partial charge in [0.1, 0.15) is 11.0 Å². The number of nitrogens with one attached hydrogen (secondary N) is 1. The van der Waals surface area contributed by atoms with Crippen LogP contribution in [0.1, 0.15) is 53.4 Å². The van der Waals surface area contributed by atoms with Gasteiger partial charge in [-0.15, -0.1) is 0 Å². The molecule has 1 aliphatic rings. The molecule has 64 heavy (non-hydrogen) atoms. The van der Waals surface area contributed by atoms with Crippen molar-refractivity contribution >= 4 is 79.5 Å². The lowest BCUT2D eigenvalue weighted by molar-refractivity contribution is -0.117. The van der Waals surface area contributed by atoms with Crippen LogP contribution in [0.15, 0.2) is 142 Å². The summed E-state index contributed by atoms with van der Waals surface area (Å²) >= 11 is 17.0. The molecule has 2 aromatic heterocycles. The SMILES string of the molecule is C1CCOC1.CC(C)CC(=O)Cl.CC(C)CC(=O)Nc1ccc(-c2ccc(-c3nc4ccc(Cl)cc4o3)cc2)cc1.Nc1ccc(-c2ccc(-c3nc4ccc(Cl)cc4o3)cc2)cc1. The largest absolute Gasteiger partial charge is 0.436 e. The van der Waals surface area contributed by atoms with Crippen molar-refractivity contribution in [3.05, 3.63) is 144 Å². The van der Waals surface area contributed by atoms with Gasteiger partial charge in [0.15, 0.2) is 11.2 Å². The van der Waals surface area contributed by atoms with Crippen LogP contribution in [0.4, 0.5) is 11.4 Å². The highest BCUT2D eigenvalue weighted by molar-refractivity contribution is 6.63. The van der Waals surface area contributed by atoms with Gasteiger partial charge >= 0.3 is 0 Å². The number of halogens is 3. The number of oxazole rings is 2. The minimum absolute atomic E-state index is 0.0386. The first-order valence-corrected chi connectivity index (χ1v) is 22.3.